The Hall–Kier alpha value is 0.770. The highest BCUT2D eigenvalue weighted by Crippen LogP contribution is 1.62. The van der Waals surface area contributed by atoms with Crippen LogP contribution in [-0.4, -0.2) is 34.3 Å². The number of hydrogen-bond donors (Lipinski definition) is 5. The minimum atomic E-state index is -4.67. The molecular weight excluding hydrogens is 383 g/mol. The van der Waals surface area contributed by atoms with Gasteiger partial charge in [-0.3, -0.25) is 18.2 Å². The summed E-state index contributed by atoms with van der Waals surface area (Å²) >= 11 is -0.298. The van der Waals surface area contributed by atoms with Crippen LogP contribution in [0.5, 0.6) is 0 Å². The van der Waals surface area contributed by atoms with E-state index in [1.807, 2.05) is 0 Å². The molecule has 0 rings (SSSR count). The maximum Gasteiger partial charge on any atom is 0.503 e. The molecule has 0 aliphatic carbocycles. The van der Waals surface area contributed by atoms with E-state index < -0.39 is 40.5 Å². The fourth-order valence-corrected chi connectivity index (χ4v) is 0. The van der Waals surface area contributed by atoms with Crippen molar-refractivity contribution in [2.45, 2.75) is 0 Å². The summed E-state index contributed by atoms with van der Waals surface area (Å²) in [4.78, 5) is 0. The first-order chi connectivity index (χ1) is 5.73. The molecule has 5 N–H and O–H groups in total. The van der Waals surface area contributed by atoms with Gasteiger partial charge >= 0.3 is 31.5 Å². The van der Waals surface area contributed by atoms with Crippen molar-refractivity contribution in [2.75, 3.05) is 0 Å². The van der Waals surface area contributed by atoms with E-state index in [4.69, 9.17) is 41.1 Å². The Morgan fingerprint density at radius 2 is 1.00 bits per heavy atom. The van der Waals surface area contributed by atoms with Crippen molar-refractivity contribution in [3.8, 4) is 0 Å². The molecule has 90 valence electrons. The Kier molecular flexibility index (Phi) is 13.0. The Bertz CT molecular complexity index is 246. The lowest BCUT2D eigenvalue weighted by molar-refractivity contribution is -1.63. The zero-order chi connectivity index (χ0) is 12.6. The smallest absolute Gasteiger partial charge is 0.396 e. The second-order valence-electron chi connectivity index (χ2n) is 1.10. The summed E-state index contributed by atoms with van der Waals surface area (Å²) in [5.74, 6) is 0. The molecule has 0 unspecified atom stereocenters. The van der Waals surface area contributed by atoms with Gasteiger partial charge < -0.3 is 6.87 Å². The van der Waals surface area contributed by atoms with E-state index in [-0.39, 0.29) is 0 Å². The fourth-order valence-electron chi connectivity index (χ4n) is 0. The van der Waals surface area contributed by atoms with Crippen molar-refractivity contribution >= 4 is 30.6 Å². The van der Waals surface area contributed by atoms with Gasteiger partial charge in [0, 0.05) is 11.2 Å². The van der Waals surface area contributed by atoms with Gasteiger partial charge in [0.2, 0.25) is 0 Å². The molecule has 0 saturated carbocycles. The summed E-state index contributed by atoms with van der Waals surface area (Å²) in [6.07, 6.45) is 0. The van der Waals surface area contributed by atoms with Crippen molar-refractivity contribution < 1.29 is 62.2 Å². The number of rotatable bonds is 0. The molecule has 0 saturated heterocycles. The van der Waals surface area contributed by atoms with E-state index in [2.05, 4.69) is 11.2 Å². The van der Waals surface area contributed by atoms with Gasteiger partial charge in [0.1, 0.15) is 0 Å². The van der Waals surface area contributed by atoms with Gasteiger partial charge in [0.25, 0.3) is 9.05 Å². The topological polar surface area (TPSA) is 198 Å². The average molecular weight is 388 g/mol. The molecule has 0 spiro atoms. The molecule has 0 heterocycles. The molecule has 0 aromatic heterocycles. The second kappa shape index (κ2) is 9.03. The summed E-state index contributed by atoms with van der Waals surface area (Å²) in [6, 6.07) is 0. The molecule has 0 fully saturated rings. The molecule has 14 heteroatoms. The molecule has 0 radical (unpaired) electrons. The van der Waals surface area contributed by atoms with E-state index in [0.29, 0.717) is 0 Å². The molecule has 0 atom stereocenters. The second-order valence-corrected chi connectivity index (χ2v) is 5.34. The zero-order valence-electron chi connectivity index (χ0n) is 5.88. The van der Waals surface area contributed by atoms with E-state index in [0.717, 1.165) is 0 Å². The maximum atomic E-state index is 9.11. The SMILES string of the molecule is O=S(=O)(O)O.O=S(O)(O)=S.[O-][I+2]([O-])O. The minimum Gasteiger partial charge on any atom is -0.396 e. The predicted octanol–water partition coefficient (Wildman–Crippen LogP) is -6.91. The van der Waals surface area contributed by atoms with Crippen LogP contribution < -0.4 is 27.9 Å². The molecule has 10 nitrogen and oxygen atoms in total. The average Bonchev–Trinajstić information content (AvgIpc) is 1.45. The summed E-state index contributed by atoms with van der Waals surface area (Å²) in [7, 11) is -8.50. The highest BCUT2D eigenvalue weighted by molar-refractivity contribution is 8.26. The predicted molar refractivity (Wildman–Crippen MR) is 37.2 cm³/mol. The first-order valence-corrected chi connectivity index (χ1v) is 8.39. The minimum absolute atomic E-state index is 3.47. The van der Waals surface area contributed by atoms with Crippen LogP contribution in [-0.2, 0) is 30.6 Å². The van der Waals surface area contributed by atoms with Crippen molar-refractivity contribution in [1.82, 2.24) is 0 Å². The van der Waals surface area contributed by atoms with E-state index in [1.165, 1.54) is 0 Å². The molecular formula is H5IO10S3. The molecule has 14 heavy (non-hydrogen) atoms. The van der Waals surface area contributed by atoms with Gasteiger partial charge in [0.05, 0.1) is 0 Å². The lowest BCUT2D eigenvalue weighted by Gasteiger charge is -1.73. The molecule has 0 aromatic carbocycles. The van der Waals surface area contributed by atoms with Crippen LogP contribution in [0.4, 0.5) is 0 Å². The van der Waals surface area contributed by atoms with Crippen molar-refractivity contribution in [3.63, 3.8) is 0 Å². The summed E-state index contributed by atoms with van der Waals surface area (Å²) in [5, 5.41) is 0. The normalized spacial score (nSPS) is 10.9. The van der Waals surface area contributed by atoms with Crippen LogP contribution in [0.15, 0.2) is 0 Å². The van der Waals surface area contributed by atoms with E-state index >= 15 is 0 Å². The first-order valence-electron chi connectivity index (χ1n) is 1.87. The van der Waals surface area contributed by atoms with Gasteiger partial charge in [-0.25, -0.2) is 0 Å². The molecule has 0 aliphatic rings. The van der Waals surface area contributed by atoms with Gasteiger partial charge in [-0.1, -0.05) is 0 Å². The standard InChI is InChI=1S/HIO3.H2O4S.H2O3S2/c2-1(3)4;2*1-5(2,3)4/h2H;2*(H2,1,2,3,4). The Morgan fingerprint density at radius 3 is 1.00 bits per heavy atom. The number of halogens is 1. The number of hydrogen-bond acceptors (Lipinski definition) is 7. The van der Waals surface area contributed by atoms with Crippen molar-refractivity contribution in [1.29, 1.82) is 0 Å². The molecule has 0 aromatic rings. The molecule has 0 amide bonds. The molecule has 0 bridgehead atoms. The molecule has 0 aliphatic heterocycles. The first kappa shape index (κ1) is 20.2. The maximum absolute atomic E-state index is 9.11. The van der Waals surface area contributed by atoms with E-state index in [9.17, 15) is 0 Å². The Morgan fingerprint density at radius 1 is 1.00 bits per heavy atom. The van der Waals surface area contributed by atoms with E-state index in [1.54, 1.807) is 0 Å². The third kappa shape index (κ3) is 2980. The van der Waals surface area contributed by atoms with Crippen LogP contribution in [0, 0.1) is 0 Å². The summed E-state index contributed by atoms with van der Waals surface area (Å²) in [6.45, 7) is 0. The van der Waals surface area contributed by atoms with Crippen LogP contribution in [0.1, 0.15) is 0 Å². The fraction of sp³-hybridized carbons (Fsp3) is 0. The lowest BCUT2D eigenvalue weighted by atomic mass is 15.8. The van der Waals surface area contributed by atoms with Crippen LogP contribution in [0.3, 0.4) is 0 Å². The van der Waals surface area contributed by atoms with Gasteiger partial charge in [-0.2, -0.15) is 12.6 Å². The van der Waals surface area contributed by atoms with Crippen molar-refractivity contribution in [2.24, 2.45) is 0 Å². The largest absolute Gasteiger partial charge is 0.503 e. The summed E-state index contributed by atoms with van der Waals surface area (Å²) in [5.41, 5.74) is 0. The monoisotopic (exact) mass is 388 g/mol. The van der Waals surface area contributed by atoms with Crippen LogP contribution in [0.25, 0.3) is 0 Å². The third-order valence-corrected chi connectivity index (χ3v) is 0. The van der Waals surface area contributed by atoms with Crippen molar-refractivity contribution in [3.05, 3.63) is 0 Å². The Labute approximate surface area is 92.5 Å². The summed E-state index contributed by atoms with van der Waals surface area (Å²) < 4.78 is 80.0. The van der Waals surface area contributed by atoms with Gasteiger partial charge in [0.15, 0.2) is 0 Å². The van der Waals surface area contributed by atoms with Crippen LogP contribution in [0.2, 0.25) is 0 Å². The highest BCUT2D eigenvalue weighted by atomic mass is 127. The lowest BCUT2D eigenvalue weighted by Crippen LogP contribution is -3.98. The quantitative estimate of drug-likeness (QED) is 0.195. The van der Waals surface area contributed by atoms with Gasteiger partial charge in [-0.15, -0.1) is 0 Å². The zero-order valence-corrected chi connectivity index (χ0v) is 10.5. The van der Waals surface area contributed by atoms with Gasteiger partial charge in [-0.05, 0) is 3.44 Å². The highest BCUT2D eigenvalue weighted by Gasteiger charge is 1.89. The Balaban J connectivity index is -0.000000131. The third-order valence-electron chi connectivity index (χ3n) is 0. The van der Waals surface area contributed by atoms with Crippen LogP contribution >= 0.6 is 0 Å².